The lowest BCUT2D eigenvalue weighted by atomic mass is 10.1. The van der Waals surface area contributed by atoms with E-state index in [4.69, 9.17) is 0 Å². The van der Waals surface area contributed by atoms with Crippen LogP contribution in [0.3, 0.4) is 0 Å². The van der Waals surface area contributed by atoms with Crippen LogP contribution in [0.1, 0.15) is 41.6 Å². The van der Waals surface area contributed by atoms with Gasteiger partial charge in [0.25, 0.3) is 5.91 Å². The number of carbonyl (C=O) groups excluding carboxylic acids is 2. The average Bonchev–Trinajstić information content (AvgIpc) is 3.37. The van der Waals surface area contributed by atoms with Gasteiger partial charge in [-0.1, -0.05) is 18.9 Å². The van der Waals surface area contributed by atoms with Crippen molar-refractivity contribution in [2.75, 3.05) is 35.8 Å². The maximum absolute atomic E-state index is 12.9. The van der Waals surface area contributed by atoms with E-state index >= 15 is 0 Å². The molecule has 2 amide bonds. The Balaban J connectivity index is 1.50. The Bertz CT molecular complexity index is 883. The van der Waals surface area contributed by atoms with Crippen molar-refractivity contribution in [1.29, 1.82) is 0 Å². The third-order valence-corrected chi connectivity index (χ3v) is 5.86. The minimum Gasteiger partial charge on any atom is -0.378 e. The van der Waals surface area contributed by atoms with Gasteiger partial charge in [0, 0.05) is 49.2 Å². The van der Waals surface area contributed by atoms with Gasteiger partial charge >= 0.3 is 0 Å². The Morgan fingerprint density at radius 2 is 1.75 bits per heavy atom. The molecule has 0 saturated heterocycles. The third kappa shape index (κ3) is 3.61. The molecule has 1 fully saturated rings. The van der Waals surface area contributed by atoms with E-state index in [0.717, 1.165) is 55.7 Å². The number of nitrogens with one attached hydrogen (secondary N) is 1. The monoisotopic (exact) mass is 377 g/mol. The first kappa shape index (κ1) is 18.5. The molecule has 0 aromatic heterocycles. The van der Waals surface area contributed by atoms with Crippen molar-refractivity contribution < 1.29 is 9.59 Å². The standard InChI is InChI=1S/C23H27N3O2/c1-25(2)20-11-8-17(9-12-20)22(27)24-19-10-7-16-13-14-26(21(16)15-19)23(28)18-5-3-4-6-18/h7-12,15,18H,3-6,13-14H2,1-2H3,(H,24,27). The molecule has 0 spiro atoms. The second kappa shape index (κ2) is 7.66. The van der Waals surface area contributed by atoms with Crippen LogP contribution >= 0.6 is 0 Å². The maximum Gasteiger partial charge on any atom is 0.255 e. The van der Waals surface area contributed by atoms with Crippen molar-refractivity contribution in [2.45, 2.75) is 32.1 Å². The van der Waals surface area contributed by atoms with Crippen LogP contribution in [-0.4, -0.2) is 32.5 Å². The van der Waals surface area contributed by atoms with Gasteiger partial charge in [-0.25, -0.2) is 0 Å². The first-order valence-corrected chi connectivity index (χ1v) is 10.1. The highest BCUT2D eigenvalue weighted by Gasteiger charge is 2.32. The van der Waals surface area contributed by atoms with Crippen molar-refractivity contribution in [3.8, 4) is 0 Å². The summed E-state index contributed by atoms with van der Waals surface area (Å²) in [7, 11) is 3.94. The Morgan fingerprint density at radius 1 is 1.04 bits per heavy atom. The van der Waals surface area contributed by atoms with E-state index in [1.165, 1.54) is 5.56 Å². The minimum atomic E-state index is -0.142. The zero-order chi connectivity index (χ0) is 19.7. The van der Waals surface area contributed by atoms with E-state index in [1.54, 1.807) is 0 Å². The zero-order valence-electron chi connectivity index (χ0n) is 16.6. The third-order valence-electron chi connectivity index (χ3n) is 5.86. The van der Waals surface area contributed by atoms with Crippen LogP contribution < -0.4 is 15.1 Å². The van der Waals surface area contributed by atoms with Crippen LogP contribution in [0.2, 0.25) is 0 Å². The van der Waals surface area contributed by atoms with E-state index in [0.29, 0.717) is 5.56 Å². The summed E-state index contributed by atoms with van der Waals surface area (Å²) in [5, 5.41) is 2.98. The van der Waals surface area contributed by atoms with Gasteiger partial charge in [-0.3, -0.25) is 9.59 Å². The number of fused-ring (bicyclic) bond motifs is 1. The fraction of sp³-hybridized carbons (Fsp3) is 0.391. The highest BCUT2D eigenvalue weighted by atomic mass is 16.2. The van der Waals surface area contributed by atoms with Crippen LogP contribution in [0.25, 0.3) is 0 Å². The first-order chi connectivity index (χ1) is 13.5. The predicted molar refractivity (Wildman–Crippen MR) is 113 cm³/mol. The summed E-state index contributed by atoms with van der Waals surface area (Å²) < 4.78 is 0. The Hall–Kier alpha value is -2.82. The molecule has 0 bridgehead atoms. The fourth-order valence-corrected chi connectivity index (χ4v) is 4.19. The zero-order valence-corrected chi connectivity index (χ0v) is 16.6. The van der Waals surface area contributed by atoms with Crippen LogP contribution in [-0.2, 0) is 11.2 Å². The lowest BCUT2D eigenvalue weighted by molar-refractivity contribution is -0.122. The molecule has 5 heteroatoms. The number of benzene rings is 2. The van der Waals surface area contributed by atoms with E-state index in [-0.39, 0.29) is 17.7 Å². The molecule has 1 saturated carbocycles. The van der Waals surface area contributed by atoms with Gasteiger partial charge in [0.1, 0.15) is 0 Å². The number of hydrogen-bond acceptors (Lipinski definition) is 3. The maximum atomic E-state index is 12.9. The molecule has 2 aromatic carbocycles. The molecule has 0 radical (unpaired) electrons. The molecule has 2 aromatic rings. The fourth-order valence-electron chi connectivity index (χ4n) is 4.19. The van der Waals surface area contributed by atoms with Crippen molar-refractivity contribution >= 4 is 28.9 Å². The Morgan fingerprint density at radius 3 is 2.43 bits per heavy atom. The lowest BCUT2D eigenvalue weighted by Gasteiger charge is -2.21. The number of hydrogen-bond donors (Lipinski definition) is 1. The Kier molecular flexibility index (Phi) is 5.07. The number of anilines is 3. The topological polar surface area (TPSA) is 52.7 Å². The van der Waals surface area contributed by atoms with E-state index in [9.17, 15) is 9.59 Å². The molecule has 5 nitrogen and oxygen atoms in total. The molecule has 4 rings (SSSR count). The van der Waals surface area contributed by atoms with Gasteiger partial charge in [0.15, 0.2) is 0 Å². The summed E-state index contributed by atoms with van der Waals surface area (Å²) in [5.74, 6) is 0.273. The quantitative estimate of drug-likeness (QED) is 0.873. The molecular formula is C23H27N3O2. The second-order valence-electron chi connectivity index (χ2n) is 7.96. The normalized spacial score (nSPS) is 16.1. The summed E-state index contributed by atoms with van der Waals surface area (Å²) >= 11 is 0. The predicted octanol–water partition coefficient (Wildman–Crippen LogP) is 4.08. The summed E-state index contributed by atoms with van der Waals surface area (Å²) in [4.78, 5) is 29.4. The number of carbonyl (C=O) groups is 2. The number of amides is 2. The second-order valence-corrected chi connectivity index (χ2v) is 7.96. The van der Waals surface area contributed by atoms with E-state index in [1.807, 2.05) is 66.4 Å². The highest BCUT2D eigenvalue weighted by Crippen LogP contribution is 2.35. The van der Waals surface area contributed by atoms with Gasteiger partial charge in [0.2, 0.25) is 5.91 Å². The lowest BCUT2D eigenvalue weighted by Crippen LogP contribution is -2.33. The van der Waals surface area contributed by atoms with E-state index < -0.39 is 0 Å². The van der Waals surface area contributed by atoms with Crippen LogP contribution in [0.15, 0.2) is 42.5 Å². The van der Waals surface area contributed by atoms with Gasteiger partial charge in [-0.15, -0.1) is 0 Å². The van der Waals surface area contributed by atoms with E-state index in [2.05, 4.69) is 5.32 Å². The molecule has 1 aliphatic carbocycles. The molecule has 2 aliphatic rings. The number of rotatable bonds is 4. The first-order valence-electron chi connectivity index (χ1n) is 10.1. The van der Waals surface area contributed by atoms with Crippen molar-refractivity contribution in [3.05, 3.63) is 53.6 Å². The summed E-state index contributed by atoms with van der Waals surface area (Å²) in [5.41, 5.74) is 4.53. The van der Waals surface area contributed by atoms with Crippen molar-refractivity contribution in [2.24, 2.45) is 5.92 Å². The largest absolute Gasteiger partial charge is 0.378 e. The Labute approximate surface area is 166 Å². The molecule has 146 valence electrons. The van der Waals surface area contributed by atoms with Crippen LogP contribution in [0.5, 0.6) is 0 Å². The molecular weight excluding hydrogens is 350 g/mol. The summed E-state index contributed by atoms with van der Waals surface area (Å²) in [6.45, 7) is 0.744. The van der Waals surface area contributed by atoms with Crippen molar-refractivity contribution in [3.63, 3.8) is 0 Å². The molecule has 28 heavy (non-hydrogen) atoms. The average molecular weight is 377 g/mol. The van der Waals surface area contributed by atoms with Gasteiger partial charge < -0.3 is 15.1 Å². The van der Waals surface area contributed by atoms with Gasteiger partial charge in [-0.2, -0.15) is 0 Å². The highest BCUT2D eigenvalue weighted by molar-refractivity contribution is 6.05. The minimum absolute atomic E-state index is 0.142. The SMILES string of the molecule is CN(C)c1ccc(C(=O)Nc2ccc3c(c2)N(C(=O)C2CCCC2)CC3)cc1. The summed E-state index contributed by atoms with van der Waals surface area (Å²) in [6, 6.07) is 13.4. The summed E-state index contributed by atoms with van der Waals surface area (Å²) in [6.07, 6.45) is 5.20. The van der Waals surface area contributed by atoms with Crippen LogP contribution in [0.4, 0.5) is 17.1 Å². The molecule has 1 aliphatic heterocycles. The van der Waals surface area contributed by atoms with Crippen LogP contribution in [0, 0.1) is 5.92 Å². The molecule has 1 N–H and O–H groups in total. The smallest absolute Gasteiger partial charge is 0.255 e. The molecule has 0 atom stereocenters. The van der Waals surface area contributed by atoms with Gasteiger partial charge in [-0.05, 0) is 61.2 Å². The number of nitrogens with zero attached hydrogens (tertiary/aromatic N) is 2. The van der Waals surface area contributed by atoms with Gasteiger partial charge in [0.05, 0.1) is 0 Å². The molecule has 0 unspecified atom stereocenters. The van der Waals surface area contributed by atoms with Crippen molar-refractivity contribution in [1.82, 2.24) is 0 Å². The molecule has 1 heterocycles.